The van der Waals surface area contributed by atoms with Gasteiger partial charge in [0.1, 0.15) is 0 Å². The molecule has 1 aromatic heterocycles. The van der Waals surface area contributed by atoms with E-state index in [2.05, 4.69) is 4.98 Å². The maximum atomic E-state index is 13.4. The molecule has 0 spiro atoms. The topological polar surface area (TPSA) is 59.1 Å². The van der Waals surface area contributed by atoms with Crippen LogP contribution in [0.25, 0.3) is 10.4 Å². The van der Waals surface area contributed by atoms with E-state index in [-0.39, 0.29) is 52.5 Å². The van der Waals surface area contributed by atoms with Crippen LogP contribution in [-0.2, 0) is 6.42 Å². The molecule has 1 unspecified atom stereocenters. The molecule has 1 heterocycles. The summed E-state index contributed by atoms with van der Waals surface area (Å²) in [6.07, 6.45) is 0.736. The number of rotatable bonds is 6. The second kappa shape index (κ2) is 11.3. The molecule has 28 heavy (non-hydrogen) atoms. The van der Waals surface area contributed by atoms with Gasteiger partial charge in [0.25, 0.3) is 0 Å². The number of nitrogens with zero attached hydrogens (tertiary/aromatic N) is 1. The number of aromatic nitrogens is 1. The van der Waals surface area contributed by atoms with Crippen LogP contribution in [0.1, 0.15) is 5.56 Å². The molecule has 0 amide bonds. The minimum atomic E-state index is -0.949. The molecule has 0 bridgehead atoms. The van der Waals surface area contributed by atoms with Crippen molar-refractivity contribution >= 4 is 67.3 Å². The quantitative estimate of drug-likeness (QED) is 0.460. The molecular weight excluding hydrogens is 512 g/mol. The number of hydrogen-bond acceptors (Lipinski definition) is 4. The van der Waals surface area contributed by atoms with E-state index in [0.29, 0.717) is 15.5 Å². The van der Waals surface area contributed by atoms with E-state index in [1.807, 2.05) is 24.3 Å². The van der Waals surface area contributed by atoms with Crippen molar-refractivity contribution in [3.05, 3.63) is 64.7 Å². The van der Waals surface area contributed by atoms with E-state index in [4.69, 9.17) is 17.3 Å². The predicted molar refractivity (Wildman–Crippen MR) is 117 cm³/mol. The van der Waals surface area contributed by atoms with Crippen molar-refractivity contribution in [2.45, 2.75) is 17.7 Å². The maximum absolute atomic E-state index is 13.4. The van der Waals surface area contributed by atoms with Gasteiger partial charge in [-0.25, -0.2) is 0 Å². The van der Waals surface area contributed by atoms with Gasteiger partial charge in [0.05, 0.1) is 0 Å². The van der Waals surface area contributed by atoms with Gasteiger partial charge in [-0.3, -0.25) is 0 Å². The van der Waals surface area contributed by atoms with Crippen molar-refractivity contribution in [2.75, 3.05) is 0 Å². The van der Waals surface area contributed by atoms with Crippen molar-refractivity contribution in [2.24, 2.45) is 5.73 Å². The van der Waals surface area contributed by atoms with Gasteiger partial charge in [0.15, 0.2) is 0 Å². The fourth-order valence-electron chi connectivity index (χ4n) is 2.38. The number of thiazole rings is 1. The van der Waals surface area contributed by atoms with Crippen LogP contribution in [0, 0.1) is 11.6 Å². The second-order valence-electron chi connectivity index (χ2n) is 5.71. The molecule has 0 aliphatic rings. The molecule has 0 aliphatic heterocycles. The zero-order chi connectivity index (χ0) is 18.7. The van der Waals surface area contributed by atoms with Gasteiger partial charge < -0.3 is 0 Å². The number of nitrogens with two attached hydrogens (primary N) is 1. The average molecular weight is 529 g/mol. The molecule has 3 rings (SSSR count). The summed E-state index contributed by atoms with van der Waals surface area (Å²) in [5, 5.41) is 11.5. The third-order valence-electron chi connectivity index (χ3n) is 3.65. The van der Waals surface area contributed by atoms with Crippen LogP contribution in [0.3, 0.4) is 0 Å². The van der Waals surface area contributed by atoms with Crippen molar-refractivity contribution in [3.63, 3.8) is 0 Å². The van der Waals surface area contributed by atoms with Crippen LogP contribution < -0.4 is 9.53 Å². The number of hydrogen-bond donors (Lipinski definition) is 2. The SMILES string of the molecule is Cl.Cl.NC(C[As]c1nc(O)c(-c2ccc(F)c(F)c2)s1)Cc1ccc(Cl)cc1. The summed E-state index contributed by atoms with van der Waals surface area (Å²) < 4.78 is 27.3. The van der Waals surface area contributed by atoms with Crippen LogP contribution in [0.5, 0.6) is 5.88 Å². The molecule has 0 fully saturated rings. The zero-order valence-electron chi connectivity index (χ0n) is 14.3. The van der Waals surface area contributed by atoms with Gasteiger partial charge >= 0.3 is 166 Å². The van der Waals surface area contributed by atoms with Crippen molar-refractivity contribution in [1.82, 2.24) is 4.98 Å². The minimum absolute atomic E-state index is 0. The van der Waals surface area contributed by atoms with E-state index < -0.39 is 11.6 Å². The van der Waals surface area contributed by atoms with Gasteiger partial charge in [0.2, 0.25) is 0 Å². The Balaban J connectivity index is 0.00000196. The summed E-state index contributed by atoms with van der Waals surface area (Å²) in [4.78, 5) is 4.60. The van der Waals surface area contributed by atoms with Crippen LogP contribution >= 0.6 is 47.8 Å². The molecule has 0 saturated heterocycles. The summed E-state index contributed by atoms with van der Waals surface area (Å²) in [5.41, 5.74) is 7.73. The fraction of sp³-hybridized carbons (Fsp3) is 0.167. The average Bonchev–Trinajstić information content (AvgIpc) is 2.98. The predicted octanol–water partition coefficient (Wildman–Crippen LogP) is 4.61. The van der Waals surface area contributed by atoms with Crippen LogP contribution in [0.4, 0.5) is 8.78 Å². The van der Waals surface area contributed by atoms with Gasteiger partial charge in [-0.2, -0.15) is 0 Å². The zero-order valence-corrected chi connectivity index (χ0v) is 19.4. The molecule has 0 saturated carbocycles. The van der Waals surface area contributed by atoms with E-state index in [9.17, 15) is 13.9 Å². The van der Waals surface area contributed by atoms with E-state index >= 15 is 0 Å². The Morgan fingerprint density at radius 1 is 1.11 bits per heavy atom. The molecule has 1 radical (unpaired) electrons. The first-order valence-corrected chi connectivity index (χ1v) is 11.2. The second-order valence-corrected chi connectivity index (χ2v) is 10.1. The van der Waals surface area contributed by atoms with Gasteiger partial charge in [-0.05, 0) is 0 Å². The first-order valence-electron chi connectivity index (χ1n) is 7.75. The fourth-order valence-corrected chi connectivity index (χ4v) is 6.07. The Kier molecular flexibility index (Phi) is 10.2. The number of aromatic hydroxyl groups is 1. The molecule has 1 atom stereocenters. The third-order valence-corrected chi connectivity index (χ3v) is 8.19. The standard InChI is InChI=1S/C18H15AsClF2N2OS.2ClH/c20-12-4-1-10(2-5-12)7-13(23)9-19-18-24-17(25)16(26-18)11-3-6-14(21)15(22)8-11;;/h1-6,8,13,25H,7,9,23H2;2*1H. The normalized spacial score (nSPS) is 11.9. The van der Waals surface area contributed by atoms with Crippen LogP contribution in [-0.4, -0.2) is 31.9 Å². The van der Waals surface area contributed by atoms with Crippen molar-refractivity contribution < 1.29 is 13.9 Å². The summed E-state index contributed by atoms with van der Waals surface area (Å²) in [6.45, 7) is 0. The molecule has 2 aromatic carbocycles. The summed E-state index contributed by atoms with van der Waals surface area (Å²) in [7, 11) is 0. The van der Waals surface area contributed by atoms with Gasteiger partial charge in [0, 0.05) is 0 Å². The molecule has 3 nitrogen and oxygen atoms in total. The summed E-state index contributed by atoms with van der Waals surface area (Å²) >= 11 is 6.84. The van der Waals surface area contributed by atoms with E-state index in [1.54, 1.807) is 0 Å². The number of halogens is 5. The van der Waals surface area contributed by atoms with Gasteiger partial charge in [-0.1, -0.05) is 0 Å². The monoisotopic (exact) mass is 527 g/mol. The van der Waals surface area contributed by atoms with E-state index in [0.717, 1.165) is 33.1 Å². The molecule has 0 aliphatic carbocycles. The Bertz CT molecular complexity index is 912. The summed E-state index contributed by atoms with van der Waals surface area (Å²) in [6, 6.07) is 11.1. The molecular formula is C18H17AsCl3F2N2OS. The Hall–Kier alpha value is -0.882. The summed E-state index contributed by atoms with van der Waals surface area (Å²) in [5.74, 6) is -2.02. The molecule has 151 valence electrons. The van der Waals surface area contributed by atoms with Crippen LogP contribution in [0.15, 0.2) is 42.5 Å². The first-order chi connectivity index (χ1) is 12.4. The van der Waals surface area contributed by atoms with Crippen molar-refractivity contribution in [1.29, 1.82) is 0 Å². The van der Waals surface area contributed by atoms with Crippen LogP contribution in [0.2, 0.25) is 10.2 Å². The first kappa shape index (κ1) is 25.2. The van der Waals surface area contributed by atoms with Gasteiger partial charge in [-0.15, -0.1) is 24.8 Å². The molecule has 3 aromatic rings. The Morgan fingerprint density at radius 3 is 2.43 bits per heavy atom. The third kappa shape index (κ3) is 6.58. The molecule has 10 heteroatoms. The molecule has 3 N–H and O–H groups in total. The Labute approximate surface area is 189 Å². The number of benzene rings is 2. The van der Waals surface area contributed by atoms with E-state index in [1.165, 1.54) is 17.4 Å². The Morgan fingerprint density at radius 2 is 1.79 bits per heavy atom. The van der Waals surface area contributed by atoms with Crippen molar-refractivity contribution in [3.8, 4) is 16.3 Å².